The summed E-state index contributed by atoms with van der Waals surface area (Å²) < 4.78 is 3.20. The van der Waals surface area contributed by atoms with Crippen molar-refractivity contribution in [3.63, 3.8) is 0 Å². The number of aryl methyl sites for hydroxylation is 1. The van der Waals surface area contributed by atoms with Gasteiger partial charge in [-0.1, -0.05) is 28.1 Å². The molecule has 1 aliphatic heterocycles. The highest BCUT2D eigenvalue weighted by Crippen LogP contribution is 2.28. The number of nitrogens with zero attached hydrogens (tertiary/aromatic N) is 4. The Morgan fingerprint density at radius 1 is 1.00 bits per heavy atom. The number of aromatic nitrogens is 2. The predicted octanol–water partition coefficient (Wildman–Crippen LogP) is 5.22. The first-order valence-electron chi connectivity index (χ1n) is 10.4. The van der Waals surface area contributed by atoms with Gasteiger partial charge in [0, 0.05) is 42.5 Å². The maximum Gasteiger partial charge on any atom is 0.321 e. The van der Waals surface area contributed by atoms with Crippen molar-refractivity contribution in [1.29, 1.82) is 0 Å². The average Bonchev–Trinajstić information content (AvgIpc) is 3.26. The zero-order valence-electron chi connectivity index (χ0n) is 17.6. The van der Waals surface area contributed by atoms with Gasteiger partial charge in [0.15, 0.2) is 5.82 Å². The number of piperazine rings is 1. The van der Waals surface area contributed by atoms with Gasteiger partial charge in [-0.2, -0.15) is 0 Å². The van der Waals surface area contributed by atoms with E-state index in [0.717, 1.165) is 51.2 Å². The van der Waals surface area contributed by atoms with Crippen LogP contribution in [0.3, 0.4) is 0 Å². The maximum atomic E-state index is 12.8. The zero-order valence-corrected chi connectivity index (χ0v) is 19.2. The molecule has 0 aliphatic carbocycles. The molecule has 3 heterocycles. The lowest BCUT2D eigenvalue weighted by molar-refractivity contribution is 0.208. The summed E-state index contributed by atoms with van der Waals surface area (Å²) in [5.41, 5.74) is 6.28. The summed E-state index contributed by atoms with van der Waals surface area (Å²) in [5, 5.41) is 3.07. The number of rotatable bonds is 2. The van der Waals surface area contributed by atoms with Crippen molar-refractivity contribution >= 4 is 50.0 Å². The first-order chi connectivity index (χ1) is 15.0. The van der Waals surface area contributed by atoms with Gasteiger partial charge in [-0.15, -0.1) is 0 Å². The minimum Gasteiger partial charge on any atom is -0.351 e. The van der Waals surface area contributed by atoms with Gasteiger partial charge in [-0.3, -0.25) is 0 Å². The van der Waals surface area contributed by atoms with Crippen LogP contribution in [0.15, 0.2) is 59.2 Å². The van der Waals surface area contributed by atoms with Crippen LogP contribution in [0, 0.1) is 13.8 Å². The van der Waals surface area contributed by atoms with Crippen LogP contribution in [0.2, 0.25) is 0 Å². The molecule has 0 radical (unpaired) electrons. The van der Waals surface area contributed by atoms with Gasteiger partial charge in [0.1, 0.15) is 0 Å². The molecule has 5 rings (SSSR count). The standard InChI is InChI=1S/C24H24BrN5O/c1-16-5-3-6-19(17(16)2)27-24(31)29-13-11-28(12-14-29)23-22-7-4-10-30(22)21-9-8-18(25)15-20(21)26-23/h3-10,15H,11-14H2,1-2H3,(H,27,31). The number of hydrogen-bond acceptors (Lipinski definition) is 3. The van der Waals surface area contributed by atoms with Gasteiger partial charge in [0.2, 0.25) is 0 Å². The van der Waals surface area contributed by atoms with Crippen molar-refractivity contribution in [2.75, 3.05) is 36.4 Å². The van der Waals surface area contributed by atoms with E-state index in [4.69, 9.17) is 4.98 Å². The molecule has 6 nitrogen and oxygen atoms in total. The molecule has 7 heteroatoms. The fraction of sp³-hybridized carbons (Fsp3) is 0.250. The van der Waals surface area contributed by atoms with Crippen LogP contribution in [0.4, 0.5) is 16.3 Å². The molecule has 158 valence electrons. The van der Waals surface area contributed by atoms with E-state index in [1.807, 2.05) is 36.1 Å². The summed E-state index contributed by atoms with van der Waals surface area (Å²) >= 11 is 3.55. The molecule has 0 unspecified atom stereocenters. The lowest BCUT2D eigenvalue weighted by atomic mass is 10.1. The Balaban J connectivity index is 1.35. The number of fused-ring (bicyclic) bond motifs is 3. The van der Waals surface area contributed by atoms with Crippen LogP contribution in [-0.4, -0.2) is 46.5 Å². The van der Waals surface area contributed by atoms with Gasteiger partial charge in [0.05, 0.1) is 16.6 Å². The molecule has 0 spiro atoms. The molecule has 1 saturated heterocycles. The van der Waals surface area contributed by atoms with Crippen molar-refractivity contribution < 1.29 is 4.79 Å². The van der Waals surface area contributed by atoms with E-state index in [1.54, 1.807) is 0 Å². The number of nitrogens with one attached hydrogen (secondary N) is 1. The summed E-state index contributed by atoms with van der Waals surface area (Å²) in [4.78, 5) is 22.0. The van der Waals surface area contributed by atoms with Gasteiger partial charge in [-0.05, 0) is 61.4 Å². The van der Waals surface area contributed by atoms with Gasteiger partial charge < -0.3 is 19.5 Å². The van der Waals surface area contributed by atoms with Crippen molar-refractivity contribution in [2.45, 2.75) is 13.8 Å². The Morgan fingerprint density at radius 3 is 2.61 bits per heavy atom. The Labute approximate surface area is 189 Å². The van der Waals surface area contributed by atoms with Crippen LogP contribution < -0.4 is 10.2 Å². The van der Waals surface area contributed by atoms with Crippen molar-refractivity contribution in [3.05, 3.63) is 70.3 Å². The smallest absolute Gasteiger partial charge is 0.321 e. The quantitative estimate of drug-likeness (QED) is 0.430. The highest BCUT2D eigenvalue weighted by Gasteiger charge is 2.24. The molecule has 0 atom stereocenters. The molecule has 2 aromatic carbocycles. The van der Waals surface area contributed by atoms with Crippen LogP contribution >= 0.6 is 15.9 Å². The fourth-order valence-corrected chi connectivity index (χ4v) is 4.52. The van der Waals surface area contributed by atoms with Crippen molar-refractivity contribution in [1.82, 2.24) is 14.3 Å². The SMILES string of the molecule is Cc1cccc(NC(=O)N2CCN(c3nc4cc(Br)ccc4n4cccc34)CC2)c1C. The average molecular weight is 478 g/mol. The van der Waals surface area contributed by atoms with E-state index in [0.29, 0.717) is 13.1 Å². The molecular weight excluding hydrogens is 454 g/mol. The lowest BCUT2D eigenvalue weighted by Gasteiger charge is -2.35. The summed E-state index contributed by atoms with van der Waals surface area (Å²) in [7, 11) is 0. The Hall–Kier alpha value is -3.06. The van der Waals surface area contributed by atoms with Crippen LogP contribution in [0.25, 0.3) is 16.6 Å². The highest BCUT2D eigenvalue weighted by molar-refractivity contribution is 9.10. The summed E-state index contributed by atoms with van der Waals surface area (Å²) in [6, 6.07) is 16.3. The van der Waals surface area contributed by atoms with Crippen molar-refractivity contribution in [2.24, 2.45) is 0 Å². The molecule has 1 N–H and O–H groups in total. The predicted molar refractivity (Wildman–Crippen MR) is 129 cm³/mol. The monoisotopic (exact) mass is 477 g/mol. The molecule has 4 aromatic rings. The van der Waals surface area contributed by atoms with Crippen LogP contribution in [0.5, 0.6) is 0 Å². The molecule has 0 saturated carbocycles. The molecule has 0 bridgehead atoms. The second-order valence-electron chi connectivity index (χ2n) is 7.98. The molecule has 31 heavy (non-hydrogen) atoms. The number of anilines is 2. The second-order valence-corrected chi connectivity index (χ2v) is 8.90. The fourth-order valence-electron chi connectivity index (χ4n) is 4.17. The van der Waals surface area contributed by atoms with Gasteiger partial charge in [-0.25, -0.2) is 9.78 Å². The van der Waals surface area contributed by atoms with E-state index < -0.39 is 0 Å². The Morgan fingerprint density at radius 2 is 1.81 bits per heavy atom. The Bertz CT molecular complexity index is 1290. The van der Waals surface area contributed by atoms with E-state index >= 15 is 0 Å². The zero-order chi connectivity index (χ0) is 21.5. The minimum atomic E-state index is -0.0448. The number of carbonyl (C=O) groups excluding carboxylic acids is 1. The third-order valence-electron chi connectivity index (χ3n) is 6.11. The summed E-state index contributed by atoms with van der Waals surface area (Å²) in [5.74, 6) is 0.963. The third-order valence-corrected chi connectivity index (χ3v) is 6.61. The number of amides is 2. The molecule has 2 amide bonds. The van der Waals surface area contributed by atoms with Gasteiger partial charge >= 0.3 is 6.03 Å². The third kappa shape index (κ3) is 3.63. The van der Waals surface area contributed by atoms with E-state index in [2.05, 4.69) is 67.9 Å². The Kier molecular flexibility index (Phi) is 5.06. The molecule has 2 aromatic heterocycles. The summed E-state index contributed by atoms with van der Waals surface area (Å²) in [6.07, 6.45) is 2.07. The maximum absolute atomic E-state index is 12.8. The minimum absolute atomic E-state index is 0.0448. The molecule has 1 fully saturated rings. The normalized spacial score (nSPS) is 14.4. The number of hydrogen-bond donors (Lipinski definition) is 1. The van der Waals surface area contributed by atoms with E-state index in [-0.39, 0.29) is 6.03 Å². The van der Waals surface area contributed by atoms with Gasteiger partial charge in [0.25, 0.3) is 0 Å². The lowest BCUT2D eigenvalue weighted by Crippen LogP contribution is -2.50. The first-order valence-corrected chi connectivity index (χ1v) is 11.2. The van der Waals surface area contributed by atoms with E-state index in [9.17, 15) is 4.79 Å². The van der Waals surface area contributed by atoms with Crippen molar-refractivity contribution in [3.8, 4) is 0 Å². The number of carbonyl (C=O) groups is 1. The highest BCUT2D eigenvalue weighted by atomic mass is 79.9. The van der Waals surface area contributed by atoms with Crippen LogP contribution in [-0.2, 0) is 0 Å². The largest absolute Gasteiger partial charge is 0.351 e. The second kappa shape index (κ2) is 7.89. The topological polar surface area (TPSA) is 52.9 Å². The van der Waals surface area contributed by atoms with E-state index in [1.165, 1.54) is 5.56 Å². The molecule has 1 aliphatic rings. The molecular formula is C24H24BrN5O. The number of benzene rings is 2. The number of halogens is 1. The van der Waals surface area contributed by atoms with Crippen LogP contribution in [0.1, 0.15) is 11.1 Å². The first kappa shape index (κ1) is 19.9. The summed E-state index contributed by atoms with van der Waals surface area (Å²) in [6.45, 7) is 6.89. The number of urea groups is 1.